The van der Waals surface area contributed by atoms with Crippen molar-refractivity contribution in [1.29, 1.82) is 0 Å². The van der Waals surface area contributed by atoms with Crippen LogP contribution in [0.4, 0.5) is 0 Å². The first kappa shape index (κ1) is 10.3. The zero-order chi connectivity index (χ0) is 9.84. The van der Waals surface area contributed by atoms with Crippen LogP contribution in [0.1, 0.15) is 39.5 Å². The Morgan fingerprint density at radius 2 is 2.15 bits per heavy atom. The molecule has 0 aromatic rings. The van der Waals surface area contributed by atoms with E-state index in [1.54, 1.807) is 6.92 Å². The van der Waals surface area contributed by atoms with Gasteiger partial charge in [-0.2, -0.15) is 0 Å². The van der Waals surface area contributed by atoms with Gasteiger partial charge in [-0.15, -0.1) is 0 Å². The maximum atomic E-state index is 11.3. The third-order valence-corrected chi connectivity index (χ3v) is 2.66. The van der Waals surface area contributed by atoms with E-state index < -0.39 is 0 Å². The summed E-state index contributed by atoms with van der Waals surface area (Å²) < 4.78 is 0. The van der Waals surface area contributed by atoms with Crippen molar-refractivity contribution in [3.63, 3.8) is 0 Å². The highest BCUT2D eigenvalue weighted by molar-refractivity contribution is 5.92. The van der Waals surface area contributed by atoms with E-state index in [2.05, 4.69) is 18.8 Å². The molecule has 2 heteroatoms. The van der Waals surface area contributed by atoms with E-state index in [9.17, 15) is 4.79 Å². The molecule has 0 heterocycles. The predicted octanol–water partition coefficient (Wildman–Crippen LogP) is 2.26. The number of carbonyl (C=O) groups excluding carboxylic acids is 1. The first-order chi connectivity index (χ1) is 6.09. The molecule has 74 valence electrons. The van der Waals surface area contributed by atoms with Crippen LogP contribution in [0.5, 0.6) is 0 Å². The fourth-order valence-electron chi connectivity index (χ4n) is 1.87. The second kappa shape index (κ2) is 4.45. The molecule has 1 N–H and O–H groups in total. The van der Waals surface area contributed by atoms with Gasteiger partial charge in [0.05, 0.1) is 0 Å². The lowest BCUT2D eigenvalue weighted by Gasteiger charge is -2.27. The van der Waals surface area contributed by atoms with Crippen molar-refractivity contribution >= 4 is 5.91 Å². The average Bonchev–Trinajstić information content (AvgIpc) is 2.04. The van der Waals surface area contributed by atoms with Gasteiger partial charge in [-0.3, -0.25) is 4.79 Å². The highest BCUT2D eigenvalue weighted by Crippen LogP contribution is 2.23. The van der Waals surface area contributed by atoms with E-state index in [-0.39, 0.29) is 5.91 Å². The summed E-state index contributed by atoms with van der Waals surface area (Å²) in [4.78, 5) is 11.3. The fourth-order valence-corrected chi connectivity index (χ4v) is 1.87. The van der Waals surface area contributed by atoms with Crippen LogP contribution in [0.25, 0.3) is 0 Å². The predicted molar refractivity (Wildman–Crippen MR) is 54.4 cm³/mol. The van der Waals surface area contributed by atoms with E-state index in [0.29, 0.717) is 11.6 Å². The molecule has 1 saturated carbocycles. The quantitative estimate of drug-likeness (QED) is 0.650. The third kappa shape index (κ3) is 3.21. The molecule has 1 aliphatic rings. The zero-order valence-electron chi connectivity index (χ0n) is 8.60. The lowest BCUT2D eigenvalue weighted by Crippen LogP contribution is -2.38. The Balaban J connectivity index is 2.36. The van der Waals surface area contributed by atoms with Crippen molar-refractivity contribution in [1.82, 2.24) is 5.32 Å². The molecule has 0 saturated heterocycles. The van der Waals surface area contributed by atoms with Crippen LogP contribution in [0.15, 0.2) is 12.2 Å². The summed E-state index contributed by atoms with van der Waals surface area (Å²) in [6.45, 7) is 7.63. The number of amides is 1. The SMILES string of the molecule is C=C(C)C(=O)NC1CCCC(C)C1. The van der Waals surface area contributed by atoms with E-state index in [1.165, 1.54) is 12.8 Å². The van der Waals surface area contributed by atoms with Crippen molar-refractivity contribution < 1.29 is 4.79 Å². The van der Waals surface area contributed by atoms with Crippen molar-refractivity contribution in [3.05, 3.63) is 12.2 Å². The topological polar surface area (TPSA) is 29.1 Å². The van der Waals surface area contributed by atoms with Crippen molar-refractivity contribution in [3.8, 4) is 0 Å². The van der Waals surface area contributed by atoms with Crippen LogP contribution in [-0.4, -0.2) is 11.9 Å². The van der Waals surface area contributed by atoms with Crippen molar-refractivity contribution in [2.24, 2.45) is 5.92 Å². The smallest absolute Gasteiger partial charge is 0.246 e. The lowest BCUT2D eigenvalue weighted by atomic mass is 9.87. The third-order valence-electron chi connectivity index (χ3n) is 2.66. The van der Waals surface area contributed by atoms with E-state index in [4.69, 9.17) is 0 Å². The molecular weight excluding hydrogens is 162 g/mol. The number of hydrogen-bond donors (Lipinski definition) is 1. The summed E-state index contributed by atoms with van der Waals surface area (Å²) in [6.07, 6.45) is 4.80. The Hall–Kier alpha value is -0.790. The fraction of sp³-hybridized carbons (Fsp3) is 0.727. The monoisotopic (exact) mass is 181 g/mol. The summed E-state index contributed by atoms with van der Waals surface area (Å²) in [5.74, 6) is 0.767. The van der Waals surface area contributed by atoms with Gasteiger partial charge in [-0.05, 0) is 25.7 Å². The molecule has 13 heavy (non-hydrogen) atoms. The Labute approximate surface area is 80.4 Å². The number of carbonyl (C=O) groups is 1. The molecule has 0 radical (unpaired) electrons. The van der Waals surface area contributed by atoms with E-state index in [0.717, 1.165) is 18.8 Å². The molecule has 1 amide bonds. The van der Waals surface area contributed by atoms with E-state index in [1.807, 2.05) is 0 Å². The lowest BCUT2D eigenvalue weighted by molar-refractivity contribution is -0.118. The van der Waals surface area contributed by atoms with Crippen LogP contribution in [0.3, 0.4) is 0 Å². The first-order valence-corrected chi connectivity index (χ1v) is 5.06. The van der Waals surface area contributed by atoms with Gasteiger partial charge in [0, 0.05) is 11.6 Å². The second-order valence-electron chi connectivity index (χ2n) is 4.22. The number of hydrogen-bond acceptors (Lipinski definition) is 1. The molecule has 0 bridgehead atoms. The molecule has 2 unspecified atom stereocenters. The largest absolute Gasteiger partial charge is 0.350 e. The van der Waals surface area contributed by atoms with Gasteiger partial charge in [0.15, 0.2) is 0 Å². The van der Waals surface area contributed by atoms with Gasteiger partial charge in [-0.1, -0.05) is 26.3 Å². The van der Waals surface area contributed by atoms with Crippen molar-refractivity contribution in [2.45, 2.75) is 45.6 Å². The van der Waals surface area contributed by atoms with Gasteiger partial charge >= 0.3 is 0 Å². The molecule has 0 aromatic heterocycles. The number of nitrogens with one attached hydrogen (secondary N) is 1. The normalized spacial score (nSPS) is 28.2. The molecule has 1 fully saturated rings. The average molecular weight is 181 g/mol. The molecular formula is C11H19NO. The Morgan fingerprint density at radius 1 is 1.46 bits per heavy atom. The molecule has 2 nitrogen and oxygen atoms in total. The van der Waals surface area contributed by atoms with Gasteiger partial charge in [0.2, 0.25) is 5.91 Å². The Bertz CT molecular complexity index is 210. The van der Waals surface area contributed by atoms with Crippen LogP contribution < -0.4 is 5.32 Å². The first-order valence-electron chi connectivity index (χ1n) is 5.06. The molecule has 0 aliphatic heterocycles. The summed E-state index contributed by atoms with van der Waals surface area (Å²) in [5, 5.41) is 3.01. The zero-order valence-corrected chi connectivity index (χ0v) is 8.60. The summed E-state index contributed by atoms with van der Waals surface area (Å²) in [6, 6.07) is 0.382. The second-order valence-corrected chi connectivity index (χ2v) is 4.22. The summed E-state index contributed by atoms with van der Waals surface area (Å²) in [5.41, 5.74) is 0.609. The van der Waals surface area contributed by atoms with Gasteiger partial charge in [-0.25, -0.2) is 0 Å². The summed E-state index contributed by atoms with van der Waals surface area (Å²) >= 11 is 0. The molecule has 0 spiro atoms. The molecule has 1 aliphatic carbocycles. The maximum absolute atomic E-state index is 11.3. The van der Waals surface area contributed by atoms with Crippen LogP contribution in [0.2, 0.25) is 0 Å². The molecule has 2 atom stereocenters. The number of rotatable bonds is 2. The molecule has 0 aromatic carbocycles. The molecule has 1 rings (SSSR count). The highest BCUT2D eigenvalue weighted by Gasteiger charge is 2.20. The van der Waals surface area contributed by atoms with Gasteiger partial charge in [0.25, 0.3) is 0 Å². The van der Waals surface area contributed by atoms with Crippen LogP contribution in [-0.2, 0) is 4.79 Å². The standard InChI is InChI=1S/C11H19NO/c1-8(2)11(13)12-10-6-4-5-9(3)7-10/h9-10H,1,4-7H2,2-3H3,(H,12,13). The minimum Gasteiger partial charge on any atom is -0.350 e. The Morgan fingerprint density at radius 3 is 2.69 bits per heavy atom. The van der Waals surface area contributed by atoms with Crippen molar-refractivity contribution in [2.75, 3.05) is 0 Å². The van der Waals surface area contributed by atoms with E-state index >= 15 is 0 Å². The van der Waals surface area contributed by atoms with Gasteiger partial charge in [0.1, 0.15) is 0 Å². The maximum Gasteiger partial charge on any atom is 0.246 e. The minimum atomic E-state index is 0.0131. The Kier molecular flexibility index (Phi) is 3.52. The summed E-state index contributed by atoms with van der Waals surface area (Å²) in [7, 11) is 0. The van der Waals surface area contributed by atoms with Crippen LogP contribution in [0, 0.1) is 5.92 Å². The minimum absolute atomic E-state index is 0.0131. The van der Waals surface area contributed by atoms with Crippen LogP contribution >= 0.6 is 0 Å². The highest BCUT2D eigenvalue weighted by atomic mass is 16.1. The van der Waals surface area contributed by atoms with Gasteiger partial charge < -0.3 is 5.32 Å².